The molecule has 148 valence electrons. The van der Waals surface area contributed by atoms with E-state index in [2.05, 4.69) is 11.7 Å². The minimum atomic E-state index is -6.39. The average Bonchev–Trinajstić information content (AvgIpc) is 2.87. The SMILES string of the molecule is C=Cc1c(C#N)nn(C2(F)C(Cl)=CC(F)(S(=O)(=O)O)C(F)(F)C2(F)Cl)c1N. The van der Waals surface area contributed by atoms with Crippen LogP contribution in [-0.2, 0) is 15.9 Å². The maximum Gasteiger partial charge on any atom is 0.354 e. The number of aromatic nitrogens is 2. The van der Waals surface area contributed by atoms with Gasteiger partial charge >= 0.3 is 26.2 Å². The largest absolute Gasteiger partial charge is 0.383 e. The van der Waals surface area contributed by atoms with Crippen molar-refractivity contribution in [3.8, 4) is 6.07 Å². The Bertz CT molecular complexity index is 1020. The topological polar surface area (TPSA) is 122 Å². The Hall–Kier alpha value is -1.88. The van der Waals surface area contributed by atoms with Gasteiger partial charge in [-0.2, -0.15) is 27.6 Å². The third kappa shape index (κ3) is 2.33. The summed E-state index contributed by atoms with van der Waals surface area (Å²) in [5, 5.41) is -0.274. The summed E-state index contributed by atoms with van der Waals surface area (Å²) in [4.78, 5) is 0. The molecular formula is C12H7Cl2F5N4O3S. The van der Waals surface area contributed by atoms with Crippen LogP contribution in [0.3, 0.4) is 0 Å². The average molecular weight is 453 g/mol. The van der Waals surface area contributed by atoms with E-state index < -0.39 is 60.1 Å². The number of allylic oxidation sites excluding steroid dienone is 1. The molecule has 1 heterocycles. The summed E-state index contributed by atoms with van der Waals surface area (Å²) in [6.07, 6.45) is 0.0793. The zero-order valence-electron chi connectivity index (χ0n) is 12.6. The van der Waals surface area contributed by atoms with Gasteiger partial charge in [-0.3, -0.25) is 4.55 Å². The Balaban J connectivity index is 2.99. The third-order valence-electron chi connectivity index (χ3n) is 3.80. The first-order valence-corrected chi connectivity index (χ1v) is 8.65. The van der Waals surface area contributed by atoms with Crippen LogP contribution in [0, 0.1) is 11.3 Å². The molecule has 1 aliphatic rings. The lowest BCUT2D eigenvalue weighted by Gasteiger charge is -2.46. The molecule has 1 aliphatic carbocycles. The number of alkyl halides is 6. The van der Waals surface area contributed by atoms with Crippen molar-refractivity contribution >= 4 is 45.2 Å². The standard InChI is InChI=1S/C12H7Cl2F5N4O3S/c1-2-5-6(4-20)22-23(8(5)21)10(16)7(13)3-9(15,27(24,25)26)12(18,19)11(10,14)17/h2-3H,1,21H2,(H,24,25,26). The van der Waals surface area contributed by atoms with E-state index >= 15 is 4.39 Å². The van der Waals surface area contributed by atoms with Crippen LogP contribution in [0.15, 0.2) is 17.7 Å². The number of nitrogens with zero attached hydrogens (tertiary/aromatic N) is 3. The molecule has 0 aliphatic heterocycles. The zero-order valence-corrected chi connectivity index (χ0v) is 14.9. The maximum absolute atomic E-state index is 15.5. The van der Waals surface area contributed by atoms with Crippen molar-refractivity contribution < 1.29 is 34.9 Å². The molecule has 27 heavy (non-hydrogen) atoms. The van der Waals surface area contributed by atoms with Gasteiger partial charge < -0.3 is 5.73 Å². The van der Waals surface area contributed by atoms with Crippen LogP contribution in [0.25, 0.3) is 6.08 Å². The number of hydrogen-bond donors (Lipinski definition) is 2. The van der Waals surface area contributed by atoms with Gasteiger partial charge in [0.15, 0.2) is 5.69 Å². The fourth-order valence-electron chi connectivity index (χ4n) is 2.35. The summed E-state index contributed by atoms with van der Waals surface area (Å²) in [5.41, 5.74) is 4.33. The van der Waals surface area contributed by atoms with Gasteiger partial charge in [0, 0.05) is 0 Å². The number of anilines is 1. The van der Waals surface area contributed by atoms with Gasteiger partial charge in [-0.1, -0.05) is 35.9 Å². The Labute approximate surface area is 158 Å². The fraction of sp³-hybridized carbons (Fsp3) is 0.333. The molecule has 0 saturated carbocycles. The van der Waals surface area contributed by atoms with Crippen LogP contribution >= 0.6 is 23.2 Å². The molecule has 0 bridgehead atoms. The number of rotatable bonds is 3. The van der Waals surface area contributed by atoms with Gasteiger partial charge in [-0.05, 0) is 6.08 Å². The van der Waals surface area contributed by atoms with E-state index in [1.54, 1.807) is 0 Å². The molecule has 0 spiro atoms. The molecule has 7 nitrogen and oxygen atoms in total. The molecule has 3 N–H and O–H groups in total. The predicted molar refractivity (Wildman–Crippen MR) is 84.5 cm³/mol. The Kier molecular flexibility index (Phi) is 4.61. The van der Waals surface area contributed by atoms with Crippen molar-refractivity contribution in [2.24, 2.45) is 0 Å². The third-order valence-corrected chi connectivity index (χ3v) is 5.78. The monoisotopic (exact) mass is 452 g/mol. The van der Waals surface area contributed by atoms with Crippen LogP contribution in [0.5, 0.6) is 0 Å². The number of halogens is 7. The first-order chi connectivity index (χ1) is 12.0. The van der Waals surface area contributed by atoms with E-state index in [4.69, 9.17) is 38.8 Å². The lowest BCUT2D eigenvalue weighted by atomic mass is 9.91. The zero-order chi connectivity index (χ0) is 21.2. The van der Waals surface area contributed by atoms with Gasteiger partial charge in [0.2, 0.25) is 0 Å². The quantitative estimate of drug-likeness (QED) is 0.413. The van der Waals surface area contributed by atoms with Crippen molar-refractivity contribution in [3.05, 3.63) is 28.9 Å². The van der Waals surface area contributed by atoms with E-state index in [1.807, 2.05) is 0 Å². The second-order valence-electron chi connectivity index (χ2n) is 5.26. The maximum atomic E-state index is 15.5. The lowest BCUT2D eigenvalue weighted by Crippen LogP contribution is -2.69. The number of nitriles is 1. The molecular weight excluding hydrogens is 446 g/mol. The van der Waals surface area contributed by atoms with Gasteiger partial charge in [0.25, 0.3) is 5.79 Å². The Morgan fingerprint density at radius 2 is 1.89 bits per heavy atom. The lowest BCUT2D eigenvalue weighted by molar-refractivity contribution is -0.216. The van der Waals surface area contributed by atoms with E-state index in [1.165, 1.54) is 6.07 Å². The molecule has 2 rings (SSSR count). The highest BCUT2D eigenvalue weighted by molar-refractivity contribution is 7.87. The molecule has 0 fully saturated rings. The summed E-state index contributed by atoms with van der Waals surface area (Å²) >= 11 is 10.3. The second kappa shape index (κ2) is 5.81. The molecule has 0 amide bonds. The smallest absolute Gasteiger partial charge is 0.354 e. The molecule has 1 aromatic heterocycles. The fourth-order valence-corrected chi connectivity index (χ4v) is 3.93. The Morgan fingerprint density at radius 1 is 1.37 bits per heavy atom. The van der Waals surface area contributed by atoms with Crippen molar-refractivity contribution in [1.29, 1.82) is 5.26 Å². The molecule has 1 aromatic rings. The van der Waals surface area contributed by atoms with Crippen LogP contribution < -0.4 is 5.73 Å². The highest BCUT2D eigenvalue weighted by Gasteiger charge is 2.84. The highest BCUT2D eigenvalue weighted by atomic mass is 35.5. The van der Waals surface area contributed by atoms with E-state index in [0.29, 0.717) is 0 Å². The summed E-state index contributed by atoms with van der Waals surface area (Å²) in [6, 6.07) is 1.39. The first kappa shape index (κ1) is 21.4. The van der Waals surface area contributed by atoms with Crippen molar-refractivity contribution in [2.45, 2.75) is 21.8 Å². The Morgan fingerprint density at radius 3 is 2.26 bits per heavy atom. The van der Waals surface area contributed by atoms with Crippen molar-refractivity contribution in [2.75, 3.05) is 5.73 Å². The van der Waals surface area contributed by atoms with Gasteiger partial charge in [-0.25, -0.2) is 17.9 Å². The normalized spacial score (nSPS) is 33.2. The molecule has 15 heteroatoms. The first-order valence-electron chi connectivity index (χ1n) is 6.45. The summed E-state index contributed by atoms with van der Waals surface area (Å²) < 4.78 is 104. The minimum absolute atomic E-state index is 0.369. The highest BCUT2D eigenvalue weighted by Crippen LogP contribution is 2.63. The summed E-state index contributed by atoms with van der Waals surface area (Å²) in [7, 11) is -6.39. The second-order valence-corrected chi connectivity index (χ2v) is 7.73. The molecule has 3 unspecified atom stereocenters. The van der Waals surface area contributed by atoms with Crippen LogP contribution in [-0.4, -0.2) is 38.8 Å². The summed E-state index contributed by atoms with van der Waals surface area (Å²) in [5.74, 6) is -11.4. The van der Waals surface area contributed by atoms with Gasteiger partial charge in [0.05, 0.1) is 10.6 Å². The molecule has 0 radical (unpaired) electrons. The van der Waals surface area contributed by atoms with Gasteiger partial charge in [-0.15, -0.1) is 0 Å². The molecule has 3 atom stereocenters. The van der Waals surface area contributed by atoms with E-state index in [-0.39, 0.29) is 4.68 Å². The molecule has 0 saturated heterocycles. The number of nitrogens with two attached hydrogens (primary N) is 1. The van der Waals surface area contributed by atoms with Crippen LogP contribution in [0.4, 0.5) is 27.8 Å². The predicted octanol–water partition coefficient (Wildman–Crippen LogP) is 2.83. The van der Waals surface area contributed by atoms with Crippen molar-refractivity contribution in [3.63, 3.8) is 0 Å². The number of nitrogen functional groups attached to an aromatic ring is 1. The molecule has 0 aromatic carbocycles. The van der Waals surface area contributed by atoms with Gasteiger partial charge in [0.1, 0.15) is 11.9 Å². The number of hydrogen-bond acceptors (Lipinski definition) is 5. The van der Waals surface area contributed by atoms with Crippen LogP contribution in [0.1, 0.15) is 11.3 Å². The van der Waals surface area contributed by atoms with Crippen molar-refractivity contribution in [1.82, 2.24) is 9.78 Å². The summed E-state index contributed by atoms with van der Waals surface area (Å²) in [6.45, 7) is 3.22. The van der Waals surface area contributed by atoms with Crippen LogP contribution in [0.2, 0.25) is 0 Å². The minimum Gasteiger partial charge on any atom is -0.383 e. The van der Waals surface area contributed by atoms with E-state index in [0.717, 1.165) is 6.08 Å². The van der Waals surface area contributed by atoms with E-state index in [9.17, 15) is 26.0 Å².